The standard InChI is InChI=1S/C10H10BrClO2/c1-6(13)2-3-7-4-8(12)5-9(11)10(7)14/h4-5,14H,2-3H2,1H3. The Bertz CT molecular complexity index is 363. The van der Waals surface area contributed by atoms with Gasteiger partial charge in [-0.25, -0.2) is 0 Å². The fourth-order valence-electron chi connectivity index (χ4n) is 1.12. The fraction of sp³-hybridized carbons (Fsp3) is 0.300. The Labute approximate surface area is 96.0 Å². The molecule has 0 atom stereocenters. The van der Waals surface area contributed by atoms with E-state index in [4.69, 9.17) is 11.6 Å². The van der Waals surface area contributed by atoms with E-state index in [1.807, 2.05) is 0 Å². The molecule has 0 unspecified atom stereocenters. The highest BCUT2D eigenvalue weighted by molar-refractivity contribution is 9.10. The number of aryl methyl sites for hydroxylation is 1. The molecule has 0 spiro atoms. The number of aromatic hydroxyl groups is 1. The number of hydrogen-bond donors (Lipinski definition) is 1. The summed E-state index contributed by atoms with van der Waals surface area (Å²) in [7, 11) is 0. The lowest BCUT2D eigenvalue weighted by atomic mass is 10.1. The highest BCUT2D eigenvalue weighted by Gasteiger charge is 2.08. The lowest BCUT2D eigenvalue weighted by Gasteiger charge is -2.05. The van der Waals surface area contributed by atoms with Crippen LogP contribution < -0.4 is 0 Å². The van der Waals surface area contributed by atoms with Crippen molar-refractivity contribution in [3.63, 3.8) is 0 Å². The molecule has 2 nitrogen and oxygen atoms in total. The minimum atomic E-state index is 0.0977. The maximum absolute atomic E-state index is 10.8. The second-order valence-corrected chi connectivity index (χ2v) is 4.39. The highest BCUT2D eigenvalue weighted by Crippen LogP contribution is 2.32. The summed E-state index contributed by atoms with van der Waals surface area (Å²) in [5, 5.41) is 10.2. The molecule has 76 valence electrons. The quantitative estimate of drug-likeness (QED) is 0.920. The van der Waals surface area contributed by atoms with Crippen LogP contribution in [0.2, 0.25) is 5.02 Å². The highest BCUT2D eigenvalue weighted by atomic mass is 79.9. The molecule has 0 radical (unpaired) electrons. The van der Waals surface area contributed by atoms with Crippen LogP contribution in [0.1, 0.15) is 18.9 Å². The van der Waals surface area contributed by atoms with Gasteiger partial charge in [-0.3, -0.25) is 0 Å². The zero-order chi connectivity index (χ0) is 10.7. The van der Waals surface area contributed by atoms with Gasteiger partial charge in [0.05, 0.1) is 4.47 Å². The molecule has 0 saturated carbocycles. The third-order valence-electron chi connectivity index (χ3n) is 1.85. The molecule has 0 fully saturated rings. The van der Waals surface area contributed by atoms with E-state index in [0.717, 1.165) is 0 Å². The van der Waals surface area contributed by atoms with Crippen LogP contribution in [-0.2, 0) is 11.2 Å². The lowest BCUT2D eigenvalue weighted by molar-refractivity contribution is -0.116. The first-order valence-corrected chi connectivity index (χ1v) is 5.34. The first kappa shape index (κ1) is 11.5. The number of carbonyl (C=O) groups is 1. The van der Waals surface area contributed by atoms with E-state index in [9.17, 15) is 9.90 Å². The minimum absolute atomic E-state index is 0.0977. The molecular formula is C10H10BrClO2. The summed E-state index contributed by atoms with van der Waals surface area (Å²) in [6, 6.07) is 3.29. The van der Waals surface area contributed by atoms with Crippen molar-refractivity contribution in [2.24, 2.45) is 0 Å². The van der Waals surface area contributed by atoms with Crippen LogP contribution in [0.15, 0.2) is 16.6 Å². The molecule has 1 aromatic carbocycles. The molecule has 0 aliphatic heterocycles. The number of halogens is 2. The van der Waals surface area contributed by atoms with Crippen LogP contribution in [0.4, 0.5) is 0 Å². The molecule has 0 aromatic heterocycles. The summed E-state index contributed by atoms with van der Waals surface area (Å²) in [5.41, 5.74) is 0.694. The van der Waals surface area contributed by atoms with Crippen molar-refractivity contribution < 1.29 is 9.90 Å². The molecule has 0 saturated heterocycles. The van der Waals surface area contributed by atoms with E-state index in [0.29, 0.717) is 27.9 Å². The Morgan fingerprint density at radius 2 is 2.21 bits per heavy atom. The lowest BCUT2D eigenvalue weighted by Crippen LogP contribution is -1.94. The maximum atomic E-state index is 10.8. The number of benzene rings is 1. The van der Waals surface area contributed by atoms with Gasteiger partial charge in [-0.15, -0.1) is 0 Å². The first-order valence-electron chi connectivity index (χ1n) is 4.17. The molecule has 14 heavy (non-hydrogen) atoms. The van der Waals surface area contributed by atoms with Crippen molar-refractivity contribution in [1.82, 2.24) is 0 Å². The van der Waals surface area contributed by atoms with Crippen molar-refractivity contribution in [2.75, 3.05) is 0 Å². The summed E-state index contributed by atoms with van der Waals surface area (Å²) < 4.78 is 0.559. The Hall–Kier alpha value is -0.540. The van der Waals surface area contributed by atoms with Gasteiger partial charge < -0.3 is 9.90 Å². The van der Waals surface area contributed by atoms with Crippen molar-refractivity contribution in [3.8, 4) is 5.75 Å². The molecule has 0 aliphatic rings. The van der Waals surface area contributed by atoms with E-state index in [-0.39, 0.29) is 11.5 Å². The third-order valence-corrected chi connectivity index (χ3v) is 2.68. The monoisotopic (exact) mass is 276 g/mol. The van der Waals surface area contributed by atoms with Crippen LogP contribution in [-0.4, -0.2) is 10.9 Å². The summed E-state index contributed by atoms with van der Waals surface area (Å²) in [6.07, 6.45) is 0.931. The van der Waals surface area contributed by atoms with Gasteiger partial charge in [0.2, 0.25) is 0 Å². The molecule has 0 aliphatic carbocycles. The van der Waals surface area contributed by atoms with Crippen molar-refractivity contribution in [2.45, 2.75) is 19.8 Å². The van der Waals surface area contributed by atoms with E-state index in [1.165, 1.54) is 6.92 Å². The van der Waals surface area contributed by atoms with Crippen LogP contribution in [0.5, 0.6) is 5.75 Å². The van der Waals surface area contributed by atoms with Gasteiger partial charge in [-0.1, -0.05) is 11.6 Å². The topological polar surface area (TPSA) is 37.3 Å². The minimum Gasteiger partial charge on any atom is -0.506 e. The van der Waals surface area contributed by atoms with Crippen LogP contribution >= 0.6 is 27.5 Å². The van der Waals surface area contributed by atoms with Crippen molar-refractivity contribution >= 4 is 33.3 Å². The largest absolute Gasteiger partial charge is 0.506 e. The summed E-state index contributed by atoms with van der Waals surface area (Å²) in [6.45, 7) is 1.52. The Balaban J connectivity index is 2.90. The summed E-state index contributed by atoms with van der Waals surface area (Å²) in [5.74, 6) is 0.260. The molecule has 4 heteroatoms. The molecular weight excluding hydrogens is 267 g/mol. The number of ketones is 1. The van der Waals surface area contributed by atoms with Gasteiger partial charge in [0, 0.05) is 11.4 Å². The van der Waals surface area contributed by atoms with Crippen molar-refractivity contribution in [3.05, 3.63) is 27.2 Å². The smallest absolute Gasteiger partial charge is 0.133 e. The number of Topliss-reactive ketones (excluding diaryl/α,β-unsaturated/α-hetero) is 1. The van der Waals surface area contributed by atoms with Gasteiger partial charge in [-0.05, 0) is 47.0 Å². The van der Waals surface area contributed by atoms with Gasteiger partial charge in [0.15, 0.2) is 0 Å². The first-order chi connectivity index (χ1) is 6.50. The van der Waals surface area contributed by atoms with E-state index in [2.05, 4.69) is 15.9 Å². The van der Waals surface area contributed by atoms with Crippen LogP contribution in [0, 0.1) is 0 Å². The molecule has 1 N–H and O–H groups in total. The fourth-order valence-corrected chi connectivity index (χ4v) is 1.99. The average molecular weight is 278 g/mol. The Morgan fingerprint density at radius 3 is 2.79 bits per heavy atom. The van der Waals surface area contributed by atoms with Gasteiger partial charge in [0.25, 0.3) is 0 Å². The van der Waals surface area contributed by atoms with E-state index >= 15 is 0 Å². The normalized spacial score (nSPS) is 10.2. The Kier molecular flexibility index (Phi) is 3.96. The third kappa shape index (κ3) is 3.00. The van der Waals surface area contributed by atoms with Crippen LogP contribution in [0.25, 0.3) is 0 Å². The zero-order valence-electron chi connectivity index (χ0n) is 7.68. The van der Waals surface area contributed by atoms with Gasteiger partial charge in [0.1, 0.15) is 11.5 Å². The van der Waals surface area contributed by atoms with Crippen LogP contribution in [0.3, 0.4) is 0 Å². The molecule has 1 rings (SSSR count). The zero-order valence-corrected chi connectivity index (χ0v) is 10.0. The number of hydrogen-bond acceptors (Lipinski definition) is 2. The number of phenols is 1. The van der Waals surface area contributed by atoms with E-state index < -0.39 is 0 Å². The number of carbonyl (C=O) groups excluding carboxylic acids is 1. The molecule has 1 aromatic rings. The summed E-state index contributed by atoms with van der Waals surface area (Å²) in [4.78, 5) is 10.8. The summed E-state index contributed by atoms with van der Waals surface area (Å²) >= 11 is 9.00. The predicted molar refractivity (Wildman–Crippen MR) is 59.8 cm³/mol. The SMILES string of the molecule is CC(=O)CCc1cc(Cl)cc(Br)c1O. The van der Waals surface area contributed by atoms with Crippen molar-refractivity contribution in [1.29, 1.82) is 0 Å². The number of phenolic OH excluding ortho intramolecular Hbond substituents is 1. The molecule has 0 heterocycles. The number of rotatable bonds is 3. The van der Waals surface area contributed by atoms with Gasteiger partial charge >= 0.3 is 0 Å². The second kappa shape index (κ2) is 4.80. The van der Waals surface area contributed by atoms with E-state index in [1.54, 1.807) is 12.1 Å². The van der Waals surface area contributed by atoms with Gasteiger partial charge in [-0.2, -0.15) is 0 Å². The molecule has 0 amide bonds. The second-order valence-electron chi connectivity index (χ2n) is 3.10. The Morgan fingerprint density at radius 1 is 1.57 bits per heavy atom. The maximum Gasteiger partial charge on any atom is 0.133 e. The predicted octanol–water partition coefficient (Wildman–Crippen LogP) is 3.33. The average Bonchev–Trinajstić information content (AvgIpc) is 2.08. The molecule has 0 bridgehead atoms.